The molecule has 1 aliphatic heterocycles. The SMILES string of the molecule is CC(C)(C)NCC1CCC1c1cccc2c1OCCC2. The minimum absolute atomic E-state index is 0.215. The van der Waals surface area contributed by atoms with Gasteiger partial charge in [-0.1, -0.05) is 18.2 Å². The van der Waals surface area contributed by atoms with Crippen LogP contribution in [0.1, 0.15) is 57.1 Å². The van der Waals surface area contributed by atoms with Crippen molar-refractivity contribution in [3.63, 3.8) is 0 Å². The number of fused-ring (bicyclic) bond motifs is 1. The van der Waals surface area contributed by atoms with Crippen molar-refractivity contribution in [1.82, 2.24) is 5.32 Å². The Balaban J connectivity index is 1.73. The van der Waals surface area contributed by atoms with Crippen LogP contribution in [0.15, 0.2) is 18.2 Å². The molecule has 1 fully saturated rings. The van der Waals surface area contributed by atoms with Crippen molar-refractivity contribution in [2.24, 2.45) is 5.92 Å². The Morgan fingerprint density at radius 1 is 1.25 bits per heavy atom. The second-order valence-corrected chi connectivity index (χ2v) is 7.36. The molecule has 20 heavy (non-hydrogen) atoms. The number of aryl methyl sites for hydroxylation is 1. The van der Waals surface area contributed by atoms with Gasteiger partial charge in [0.1, 0.15) is 5.75 Å². The van der Waals surface area contributed by atoms with Gasteiger partial charge in [0, 0.05) is 5.54 Å². The summed E-state index contributed by atoms with van der Waals surface area (Å²) < 4.78 is 5.98. The number of para-hydroxylation sites is 1. The van der Waals surface area contributed by atoms with Gasteiger partial charge in [-0.05, 0) is 76.0 Å². The number of ether oxygens (including phenoxy) is 1. The van der Waals surface area contributed by atoms with E-state index in [2.05, 4.69) is 44.3 Å². The predicted molar refractivity (Wildman–Crippen MR) is 83.5 cm³/mol. The number of hydrogen-bond donors (Lipinski definition) is 1. The quantitative estimate of drug-likeness (QED) is 0.902. The van der Waals surface area contributed by atoms with Crippen LogP contribution in [0.25, 0.3) is 0 Å². The lowest BCUT2D eigenvalue weighted by atomic mass is 9.69. The van der Waals surface area contributed by atoms with E-state index in [4.69, 9.17) is 4.74 Å². The Hall–Kier alpha value is -1.02. The maximum atomic E-state index is 5.98. The van der Waals surface area contributed by atoms with Gasteiger partial charge in [-0.3, -0.25) is 0 Å². The minimum atomic E-state index is 0.215. The van der Waals surface area contributed by atoms with Gasteiger partial charge in [0.25, 0.3) is 0 Å². The Labute approximate surface area is 122 Å². The average molecular weight is 273 g/mol. The molecule has 1 saturated carbocycles. The standard InChI is InChI=1S/C18H27NO/c1-18(2,3)19-12-14-9-10-15(14)16-8-4-6-13-7-5-11-20-17(13)16/h4,6,8,14-15,19H,5,7,9-12H2,1-3H3. The summed E-state index contributed by atoms with van der Waals surface area (Å²) in [5, 5.41) is 3.66. The van der Waals surface area contributed by atoms with E-state index in [0.717, 1.165) is 25.5 Å². The molecule has 1 aliphatic carbocycles. The zero-order valence-corrected chi connectivity index (χ0v) is 13.0. The summed E-state index contributed by atoms with van der Waals surface area (Å²) >= 11 is 0. The summed E-state index contributed by atoms with van der Waals surface area (Å²) in [6.45, 7) is 8.75. The van der Waals surface area contributed by atoms with Gasteiger partial charge >= 0.3 is 0 Å². The number of hydrogen-bond acceptors (Lipinski definition) is 2. The van der Waals surface area contributed by atoms with Crippen LogP contribution in [-0.2, 0) is 6.42 Å². The van der Waals surface area contributed by atoms with Crippen molar-refractivity contribution in [3.8, 4) is 5.75 Å². The van der Waals surface area contributed by atoms with Gasteiger partial charge < -0.3 is 10.1 Å². The van der Waals surface area contributed by atoms with Gasteiger partial charge in [0.2, 0.25) is 0 Å². The third kappa shape index (κ3) is 2.85. The fraction of sp³-hybridized carbons (Fsp3) is 0.667. The van der Waals surface area contributed by atoms with Crippen LogP contribution in [0.5, 0.6) is 5.75 Å². The van der Waals surface area contributed by atoms with Gasteiger partial charge in [-0.25, -0.2) is 0 Å². The molecule has 110 valence electrons. The molecule has 0 aromatic heterocycles. The predicted octanol–water partition coefficient (Wildman–Crippen LogP) is 3.89. The number of nitrogens with one attached hydrogen (secondary N) is 1. The number of benzene rings is 1. The zero-order chi connectivity index (χ0) is 14.2. The molecule has 0 spiro atoms. The summed E-state index contributed by atoms with van der Waals surface area (Å²) in [5.74, 6) is 2.67. The van der Waals surface area contributed by atoms with E-state index in [-0.39, 0.29) is 5.54 Å². The van der Waals surface area contributed by atoms with E-state index < -0.39 is 0 Å². The summed E-state index contributed by atoms with van der Waals surface area (Å²) in [4.78, 5) is 0. The van der Waals surface area contributed by atoms with Gasteiger partial charge in [-0.15, -0.1) is 0 Å². The lowest BCUT2D eigenvalue weighted by Gasteiger charge is -2.40. The highest BCUT2D eigenvalue weighted by Crippen LogP contribution is 2.47. The van der Waals surface area contributed by atoms with Crippen LogP contribution in [0.4, 0.5) is 0 Å². The van der Waals surface area contributed by atoms with Crippen LogP contribution < -0.4 is 10.1 Å². The Morgan fingerprint density at radius 3 is 2.80 bits per heavy atom. The number of rotatable bonds is 3. The van der Waals surface area contributed by atoms with E-state index in [0.29, 0.717) is 5.92 Å². The van der Waals surface area contributed by atoms with Crippen molar-refractivity contribution in [2.75, 3.05) is 13.2 Å². The third-order valence-corrected chi connectivity index (χ3v) is 4.68. The van der Waals surface area contributed by atoms with E-state index in [1.165, 1.54) is 36.1 Å². The molecule has 2 aliphatic rings. The molecule has 0 amide bonds. The average Bonchev–Trinajstić information content (AvgIpc) is 2.37. The molecule has 2 atom stereocenters. The summed E-state index contributed by atoms with van der Waals surface area (Å²) in [7, 11) is 0. The molecular formula is C18H27NO. The van der Waals surface area contributed by atoms with E-state index >= 15 is 0 Å². The Bertz CT molecular complexity index is 475. The summed E-state index contributed by atoms with van der Waals surface area (Å²) in [6, 6.07) is 6.74. The molecule has 1 N–H and O–H groups in total. The minimum Gasteiger partial charge on any atom is -0.493 e. The van der Waals surface area contributed by atoms with Gasteiger partial charge in [0.05, 0.1) is 6.61 Å². The van der Waals surface area contributed by atoms with E-state index in [1.807, 2.05) is 0 Å². The van der Waals surface area contributed by atoms with Gasteiger partial charge in [-0.2, -0.15) is 0 Å². The lowest BCUT2D eigenvalue weighted by Crippen LogP contribution is -2.43. The topological polar surface area (TPSA) is 21.3 Å². The van der Waals surface area contributed by atoms with Crippen molar-refractivity contribution in [1.29, 1.82) is 0 Å². The normalized spacial score (nSPS) is 25.6. The molecule has 2 unspecified atom stereocenters. The first-order valence-corrected chi connectivity index (χ1v) is 8.04. The van der Waals surface area contributed by atoms with Crippen LogP contribution in [0, 0.1) is 5.92 Å². The van der Waals surface area contributed by atoms with Crippen molar-refractivity contribution < 1.29 is 4.74 Å². The lowest BCUT2D eigenvalue weighted by molar-refractivity contribution is 0.214. The largest absolute Gasteiger partial charge is 0.493 e. The van der Waals surface area contributed by atoms with Crippen molar-refractivity contribution in [3.05, 3.63) is 29.3 Å². The molecule has 0 radical (unpaired) electrons. The highest BCUT2D eigenvalue weighted by Gasteiger charge is 2.35. The smallest absolute Gasteiger partial charge is 0.125 e. The second-order valence-electron chi connectivity index (χ2n) is 7.36. The highest BCUT2D eigenvalue weighted by molar-refractivity contribution is 5.45. The summed E-state index contributed by atoms with van der Waals surface area (Å²) in [6.07, 6.45) is 5.00. The van der Waals surface area contributed by atoms with E-state index in [9.17, 15) is 0 Å². The highest BCUT2D eigenvalue weighted by atomic mass is 16.5. The van der Waals surface area contributed by atoms with Crippen molar-refractivity contribution in [2.45, 2.75) is 57.9 Å². The molecule has 1 aromatic carbocycles. The first kappa shape index (κ1) is 13.9. The Morgan fingerprint density at radius 2 is 2.10 bits per heavy atom. The van der Waals surface area contributed by atoms with Crippen LogP contribution in [0.2, 0.25) is 0 Å². The van der Waals surface area contributed by atoms with E-state index in [1.54, 1.807) is 0 Å². The molecule has 3 rings (SSSR count). The van der Waals surface area contributed by atoms with Crippen LogP contribution >= 0.6 is 0 Å². The third-order valence-electron chi connectivity index (χ3n) is 4.68. The van der Waals surface area contributed by atoms with Crippen LogP contribution in [0.3, 0.4) is 0 Å². The maximum absolute atomic E-state index is 5.98. The maximum Gasteiger partial charge on any atom is 0.125 e. The molecular weight excluding hydrogens is 246 g/mol. The summed E-state index contributed by atoms with van der Waals surface area (Å²) in [5.41, 5.74) is 3.10. The van der Waals surface area contributed by atoms with Crippen molar-refractivity contribution >= 4 is 0 Å². The fourth-order valence-electron chi connectivity index (χ4n) is 3.37. The second kappa shape index (κ2) is 5.40. The first-order valence-electron chi connectivity index (χ1n) is 8.04. The molecule has 0 bridgehead atoms. The molecule has 2 heteroatoms. The Kier molecular flexibility index (Phi) is 3.76. The van der Waals surface area contributed by atoms with Gasteiger partial charge in [0.15, 0.2) is 0 Å². The monoisotopic (exact) mass is 273 g/mol. The first-order chi connectivity index (χ1) is 9.54. The fourth-order valence-corrected chi connectivity index (χ4v) is 3.37. The van der Waals surface area contributed by atoms with Crippen LogP contribution in [-0.4, -0.2) is 18.7 Å². The molecule has 0 saturated heterocycles. The zero-order valence-electron chi connectivity index (χ0n) is 13.0. The molecule has 2 nitrogen and oxygen atoms in total. The molecule has 1 heterocycles. The molecule has 1 aromatic rings.